The predicted octanol–water partition coefficient (Wildman–Crippen LogP) is 3.65. The number of benzene rings is 1. The molecule has 0 aliphatic heterocycles. The van der Waals surface area contributed by atoms with Gasteiger partial charge in [0, 0.05) is 5.56 Å². The van der Waals surface area contributed by atoms with Crippen LogP contribution in [0.4, 0.5) is 0 Å². The fourth-order valence-electron chi connectivity index (χ4n) is 1.94. The third kappa shape index (κ3) is 4.22. The molecule has 0 spiro atoms. The molecule has 0 saturated heterocycles. The largest absolute Gasteiger partial charge is 0.475 e. The molecule has 0 unspecified atom stereocenters. The van der Waals surface area contributed by atoms with E-state index in [2.05, 4.69) is 4.98 Å². The van der Waals surface area contributed by atoms with Crippen LogP contribution in [0.1, 0.15) is 45.0 Å². The number of nitrogens with zero attached hydrogens (tertiary/aromatic N) is 1. The molecule has 1 aromatic carbocycles. The number of rotatable bonds is 5. The molecule has 1 heterocycles. The van der Waals surface area contributed by atoms with Gasteiger partial charge in [-0.25, -0.2) is 9.78 Å². The number of esters is 1. The van der Waals surface area contributed by atoms with Crippen LogP contribution in [-0.4, -0.2) is 28.4 Å². The second-order valence-electron chi connectivity index (χ2n) is 6.82. The smallest absolute Gasteiger partial charge is 0.350 e. The molecule has 0 saturated carbocycles. The first kappa shape index (κ1) is 17.7. The maximum absolute atomic E-state index is 12.3. The van der Waals surface area contributed by atoms with Crippen LogP contribution < -0.4 is 4.74 Å². The normalized spacial score (nSPS) is 11.9. The lowest BCUT2D eigenvalue weighted by molar-refractivity contribution is -0.170. The lowest BCUT2D eigenvalue weighted by atomic mass is 10.1. The van der Waals surface area contributed by atoms with Crippen molar-refractivity contribution >= 4 is 12.3 Å². The van der Waals surface area contributed by atoms with Crippen LogP contribution in [0.5, 0.6) is 5.75 Å². The van der Waals surface area contributed by atoms with E-state index in [4.69, 9.17) is 13.9 Å². The minimum Gasteiger partial charge on any atom is -0.475 e. The van der Waals surface area contributed by atoms with Crippen molar-refractivity contribution in [3.63, 3.8) is 0 Å². The van der Waals surface area contributed by atoms with Crippen molar-refractivity contribution in [3.8, 4) is 17.2 Å². The van der Waals surface area contributed by atoms with Crippen molar-refractivity contribution < 1.29 is 23.5 Å². The number of ether oxygens (including phenoxy) is 2. The highest BCUT2D eigenvalue weighted by Crippen LogP contribution is 2.29. The number of hydrogen-bond donors (Lipinski definition) is 0. The number of oxazole rings is 1. The molecule has 24 heavy (non-hydrogen) atoms. The Morgan fingerprint density at radius 2 is 1.92 bits per heavy atom. The van der Waals surface area contributed by atoms with Gasteiger partial charge in [-0.05, 0) is 52.8 Å². The molecule has 0 aliphatic carbocycles. The van der Waals surface area contributed by atoms with Crippen molar-refractivity contribution in [2.24, 2.45) is 0 Å². The van der Waals surface area contributed by atoms with Crippen LogP contribution in [0, 0.1) is 0 Å². The molecule has 0 aliphatic rings. The summed E-state index contributed by atoms with van der Waals surface area (Å²) in [5.41, 5.74) is -0.937. The van der Waals surface area contributed by atoms with Crippen LogP contribution in [0.15, 0.2) is 35.1 Å². The van der Waals surface area contributed by atoms with Gasteiger partial charge < -0.3 is 13.9 Å². The summed E-state index contributed by atoms with van der Waals surface area (Å²) in [6.07, 6.45) is 3.64. The Labute approximate surface area is 140 Å². The van der Waals surface area contributed by atoms with Gasteiger partial charge in [-0.15, -0.1) is 0 Å². The Morgan fingerprint density at radius 1 is 1.21 bits per heavy atom. The molecule has 1 aromatic heterocycles. The molecule has 128 valence electrons. The summed E-state index contributed by atoms with van der Waals surface area (Å²) in [6, 6.07) is 4.90. The van der Waals surface area contributed by atoms with Gasteiger partial charge in [-0.2, -0.15) is 0 Å². The molecule has 0 amide bonds. The standard InChI is InChI=1S/C18H21NO5/c1-17(2,3)24-16(21)18(4,5)23-14-10-12(6-7-13(14)11-20)15-19-8-9-22-15/h6-11H,1-5H3. The first-order valence-corrected chi connectivity index (χ1v) is 7.54. The monoisotopic (exact) mass is 331 g/mol. The molecular formula is C18H21NO5. The van der Waals surface area contributed by atoms with E-state index in [1.807, 2.05) is 0 Å². The van der Waals surface area contributed by atoms with Gasteiger partial charge in [0.05, 0.1) is 11.8 Å². The molecule has 0 N–H and O–H groups in total. The molecule has 6 heteroatoms. The zero-order chi connectivity index (χ0) is 18.0. The summed E-state index contributed by atoms with van der Waals surface area (Å²) >= 11 is 0. The topological polar surface area (TPSA) is 78.6 Å². The minimum absolute atomic E-state index is 0.261. The maximum atomic E-state index is 12.3. The van der Waals surface area contributed by atoms with Crippen molar-refractivity contribution in [1.29, 1.82) is 0 Å². The van der Waals surface area contributed by atoms with Crippen molar-refractivity contribution in [2.45, 2.75) is 45.8 Å². The summed E-state index contributed by atoms with van der Waals surface area (Å²) < 4.78 is 16.4. The van der Waals surface area contributed by atoms with Crippen LogP contribution in [0.2, 0.25) is 0 Å². The van der Waals surface area contributed by atoms with E-state index in [9.17, 15) is 9.59 Å². The van der Waals surface area contributed by atoms with E-state index >= 15 is 0 Å². The van der Waals surface area contributed by atoms with E-state index < -0.39 is 17.2 Å². The minimum atomic E-state index is -1.26. The van der Waals surface area contributed by atoms with E-state index in [0.717, 1.165) is 0 Å². The van der Waals surface area contributed by atoms with E-state index in [1.54, 1.807) is 52.8 Å². The van der Waals surface area contributed by atoms with Gasteiger partial charge >= 0.3 is 5.97 Å². The predicted molar refractivity (Wildman–Crippen MR) is 87.9 cm³/mol. The third-order valence-corrected chi connectivity index (χ3v) is 3.08. The van der Waals surface area contributed by atoms with E-state index in [1.165, 1.54) is 12.5 Å². The van der Waals surface area contributed by atoms with Gasteiger partial charge in [0.25, 0.3) is 0 Å². The molecular weight excluding hydrogens is 310 g/mol. The Kier molecular flexibility index (Phi) is 4.78. The fourth-order valence-corrected chi connectivity index (χ4v) is 1.94. The molecule has 0 fully saturated rings. The highest BCUT2D eigenvalue weighted by Gasteiger charge is 2.35. The number of aldehydes is 1. The molecule has 0 atom stereocenters. The van der Waals surface area contributed by atoms with Crippen LogP contribution in [0.3, 0.4) is 0 Å². The average Bonchev–Trinajstić information content (AvgIpc) is 2.99. The maximum Gasteiger partial charge on any atom is 0.350 e. The van der Waals surface area contributed by atoms with Gasteiger partial charge in [-0.3, -0.25) is 4.79 Å². The van der Waals surface area contributed by atoms with Gasteiger partial charge in [-0.1, -0.05) is 0 Å². The highest BCUT2D eigenvalue weighted by molar-refractivity contribution is 5.83. The van der Waals surface area contributed by atoms with Gasteiger partial charge in [0.15, 0.2) is 11.9 Å². The van der Waals surface area contributed by atoms with Gasteiger partial charge in [0.2, 0.25) is 5.89 Å². The fraction of sp³-hybridized carbons (Fsp3) is 0.389. The number of carbonyl (C=O) groups excluding carboxylic acids is 2. The van der Waals surface area contributed by atoms with E-state index in [-0.39, 0.29) is 5.75 Å². The first-order valence-electron chi connectivity index (χ1n) is 7.54. The highest BCUT2D eigenvalue weighted by atomic mass is 16.6. The summed E-state index contributed by atoms with van der Waals surface area (Å²) in [5, 5.41) is 0. The second kappa shape index (κ2) is 6.47. The Hall–Kier alpha value is -2.63. The van der Waals surface area contributed by atoms with Crippen molar-refractivity contribution in [1.82, 2.24) is 4.98 Å². The lowest BCUT2D eigenvalue weighted by Crippen LogP contribution is -2.43. The SMILES string of the molecule is CC(C)(C)OC(=O)C(C)(C)Oc1cc(-c2ncco2)ccc1C=O. The Bertz CT molecular complexity index is 726. The van der Waals surface area contributed by atoms with Gasteiger partial charge in [0.1, 0.15) is 17.6 Å². The summed E-state index contributed by atoms with van der Waals surface area (Å²) in [6.45, 7) is 8.52. The van der Waals surface area contributed by atoms with Crippen molar-refractivity contribution in [3.05, 3.63) is 36.2 Å². The molecule has 0 radical (unpaired) electrons. The Morgan fingerprint density at radius 3 is 2.46 bits per heavy atom. The summed E-state index contributed by atoms with van der Waals surface area (Å²) in [5.74, 6) is 0.136. The average molecular weight is 331 g/mol. The summed E-state index contributed by atoms with van der Waals surface area (Å²) in [7, 11) is 0. The molecule has 2 rings (SSSR count). The zero-order valence-electron chi connectivity index (χ0n) is 14.5. The second-order valence-corrected chi connectivity index (χ2v) is 6.82. The first-order chi connectivity index (χ1) is 11.1. The quantitative estimate of drug-likeness (QED) is 0.614. The number of carbonyl (C=O) groups is 2. The lowest BCUT2D eigenvalue weighted by Gasteiger charge is -2.29. The summed E-state index contributed by atoms with van der Waals surface area (Å²) in [4.78, 5) is 27.7. The number of hydrogen-bond acceptors (Lipinski definition) is 6. The van der Waals surface area contributed by atoms with Crippen LogP contribution in [-0.2, 0) is 9.53 Å². The molecule has 6 nitrogen and oxygen atoms in total. The van der Waals surface area contributed by atoms with Crippen LogP contribution in [0.25, 0.3) is 11.5 Å². The number of aromatic nitrogens is 1. The zero-order valence-corrected chi connectivity index (χ0v) is 14.5. The molecule has 2 aromatic rings. The third-order valence-electron chi connectivity index (χ3n) is 3.08. The molecule has 0 bridgehead atoms. The van der Waals surface area contributed by atoms with Crippen LogP contribution >= 0.6 is 0 Å². The van der Waals surface area contributed by atoms with E-state index in [0.29, 0.717) is 23.3 Å². The van der Waals surface area contributed by atoms with Crippen molar-refractivity contribution in [2.75, 3.05) is 0 Å². The Balaban J connectivity index is 2.31.